The van der Waals surface area contributed by atoms with Crippen LogP contribution in [-0.4, -0.2) is 11.6 Å². The van der Waals surface area contributed by atoms with Crippen molar-refractivity contribution in [2.45, 2.75) is 45.2 Å². The Morgan fingerprint density at radius 3 is 2.40 bits per heavy atom. The van der Waals surface area contributed by atoms with Crippen LogP contribution in [0.4, 0.5) is 0 Å². The zero-order chi connectivity index (χ0) is 7.35. The van der Waals surface area contributed by atoms with E-state index in [-0.39, 0.29) is 0 Å². The standard InChI is InChI=1S/C9H17N/c1-4-5-6-7-8(6)10-9(7,2)3/h6-8,10H,4-5H2,1-3H3. The van der Waals surface area contributed by atoms with E-state index in [0.29, 0.717) is 5.54 Å². The lowest BCUT2D eigenvalue weighted by molar-refractivity contribution is 0.241. The first-order valence-corrected chi connectivity index (χ1v) is 4.44. The molecule has 2 fully saturated rings. The molecule has 1 heteroatoms. The van der Waals surface area contributed by atoms with Crippen LogP contribution in [-0.2, 0) is 0 Å². The van der Waals surface area contributed by atoms with Gasteiger partial charge in [-0.05, 0) is 32.1 Å². The summed E-state index contributed by atoms with van der Waals surface area (Å²) < 4.78 is 0. The highest BCUT2D eigenvalue weighted by molar-refractivity contribution is 5.22. The van der Waals surface area contributed by atoms with Crippen molar-refractivity contribution in [3.05, 3.63) is 0 Å². The van der Waals surface area contributed by atoms with E-state index < -0.39 is 0 Å². The first-order chi connectivity index (χ1) is 4.67. The Bertz CT molecular complexity index is 151. The van der Waals surface area contributed by atoms with Gasteiger partial charge in [-0.1, -0.05) is 13.3 Å². The average Bonchev–Trinajstić information content (AvgIpc) is 2.39. The molecule has 1 aliphatic carbocycles. The van der Waals surface area contributed by atoms with Gasteiger partial charge in [0.25, 0.3) is 0 Å². The average molecular weight is 139 g/mol. The summed E-state index contributed by atoms with van der Waals surface area (Å²) >= 11 is 0. The van der Waals surface area contributed by atoms with E-state index >= 15 is 0 Å². The zero-order valence-electron chi connectivity index (χ0n) is 7.15. The molecule has 0 aromatic carbocycles. The maximum Gasteiger partial charge on any atom is 0.0174 e. The number of fused-ring (bicyclic) bond motifs is 1. The van der Waals surface area contributed by atoms with E-state index in [2.05, 4.69) is 26.1 Å². The minimum Gasteiger partial charge on any atom is -0.308 e. The molecule has 1 saturated carbocycles. The van der Waals surface area contributed by atoms with Crippen molar-refractivity contribution in [1.82, 2.24) is 5.32 Å². The quantitative estimate of drug-likeness (QED) is 0.615. The lowest BCUT2D eigenvalue weighted by Gasteiger charge is -2.35. The van der Waals surface area contributed by atoms with Crippen molar-refractivity contribution < 1.29 is 0 Å². The van der Waals surface area contributed by atoms with Crippen molar-refractivity contribution in [3.63, 3.8) is 0 Å². The summed E-state index contributed by atoms with van der Waals surface area (Å²) in [5.74, 6) is 2.05. The fourth-order valence-electron chi connectivity index (χ4n) is 2.68. The second kappa shape index (κ2) is 1.76. The molecule has 10 heavy (non-hydrogen) atoms. The van der Waals surface area contributed by atoms with E-state index in [1.54, 1.807) is 0 Å². The van der Waals surface area contributed by atoms with Crippen LogP contribution in [0.5, 0.6) is 0 Å². The smallest absolute Gasteiger partial charge is 0.0174 e. The zero-order valence-corrected chi connectivity index (χ0v) is 7.15. The lowest BCUT2D eigenvalue weighted by atomic mass is 9.91. The van der Waals surface area contributed by atoms with Gasteiger partial charge in [-0.25, -0.2) is 0 Å². The summed E-state index contributed by atoms with van der Waals surface area (Å²) in [6, 6.07) is 0.912. The highest BCUT2D eigenvalue weighted by Gasteiger charge is 2.65. The summed E-state index contributed by atoms with van der Waals surface area (Å²) in [7, 11) is 0. The van der Waals surface area contributed by atoms with Gasteiger partial charge in [-0.2, -0.15) is 0 Å². The van der Waals surface area contributed by atoms with Crippen LogP contribution >= 0.6 is 0 Å². The van der Waals surface area contributed by atoms with Crippen molar-refractivity contribution in [2.24, 2.45) is 11.8 Å². The summed E-state index contributed by atoms with van der Waals surface area (Å²) in [5.41, 5.74) is 0.477. The number of hydrogen-bond acceptors (Lipinski definition) is 1. The maximum atomic E-state index is 3.59. The molecule has 0 aromatic heterocycles. The van der Waals surface area contributed by atoms with Crippen LogP contribution in [0.1, 0.15) is 33.6 Å². The molecule has 2 aliphatic rings. The Balaban J connectivity index is 1.89. The largest absolute Gasteiger partial charge is 0.308 e. The first-order valence-electron chi connectivity index (χ1n) is 4.44. The van der Waals surface area contributed by atoms with Gasteiger partial charge in [0, 0.05) is 11.6 Å². The van der Waals surface area contributed by atoms with Gasteiger partial charge < -0.3 is 5.32 Å². The minimum atomic E-state index is 0.477. The molecule has 2 rings (SSSR count). The lowest BCUT2D eigenvalue weighted by Crippen LogP contribution is -2.53. The molecule has 1 heterocycles. The Hall–Kier alpha value is -0.0400. The van der Waals surface area contributed by atoms with Gasteiger partial charge in [-0.15, -0.1) is 0 Å². The molecule has 0 amide bonds. The van der Waals surface area contributed by atoms with E-state index in [0.717, 1.165) is 17.9 Å². The molecule has 3 unspecified atom stereocenters. The number of rotatable bonds is 2. The second-order valence-corrected chi connectivity index (χ2v) is 4.37. The summed E-state index contributed by atoms with van der Waals surface area (Å²) in [5, 5.41) is 3.59. The van der Waals surface area contributed by atoms with Crippen LogP contribution in [0.25, 0.3) is 0 Å². The maximum absolute atomic E-state index is 3.59. The summed E-state index contributed by atoms with van der Waals surface area (Å²) in [6.45, 7) is 6.93. The number of nitrogens with one attached hydrogen (secondary N) is 1. The molecule has 58 valence electrons. The predicted octanol–water partition coefficient (Wildman–Crippen LogP) is 1.78. The molecule has 0 aromatic rings. The van der Waals surface area contributed by atoms with Crippen molar-refractivity contribution in [3.8, 4) is 0 Å². The molecule has 1 saturated heterocycles. The third-order valence-electron chi connectivity index (χ3n) is 3.16. The SMILES string of the molecule is CCCC1C2NC(C)(C)C12. The van der Waals surface area contributed by atoms with Gasteiger partial charge in [0.15, 0.2) is 0 Å². The molecule has 0 radical (unpaired) electrons. The van der Waals surface area contributed by atoms with Gasteiger partial charge in [0.1, 0.15) is 0 Å². The molecular formula is C9H17N. The van der Waals surface area contributed by atoms with Crippen molar-refractivity contribution in [2.75, 3.05) is 0 Å². The van der Waals surface area contributed by atoms with E-state index in [1.165, 1.54) is 12.8 Å². The molecular weight excluding hydrogens is 122 g/mol. The topological polar surface area (TPSA) is 12.0 Å². The second-order valence-electron chi connectivity index (χ2n) is 4.37. The Labute approximate surface area is 63.2 Å². The normalized spacial score (nSPS) is 47.7. The van der Waals surface area contributed by atoms with Gasteiger partial charge in [0.2, 0.25) is 0 Å². The molecule has 0 spiro atoms. The van der Waals surface area contributed by atoms with E-state index in [1.807, 2.05) is 0 Å². The molecule has 0 bridgehead atoms. The Morgan fingerprint density at radius 2 is 2.10 bits per heavy atom. The molecule has 1 N–H and O–H groups in total. The predicted molar refractivity (Wildman–Crippen MR) is 42.9 cm³/mol. The summed E-state index contributed by atoms with van der Waals surface area (Å²) in [6.07, 6.45) is 2.79. The molecule has 1 nitrogen and oxygen atoms in total. The molecule has 3 atom stereocenters. The minimum absolute atomic E-state index is 0.477. The fourth-order valence-corrected chi connectivity index (χ4v) is 2.68. The van der Waals surface area contributed by atoms with E-state index in [4.69, 9.17) is 0 Å². The van der Waals surface area contributed by atoms with Crippen molar-refractivity contribution >= 4 is 0 Å². The first kappa shape index (κ1) is 6.66. The fraction of sp³-hybridized carbons (Fsp3) is 1.00. The van der Waals surface area contributed by atoms with Gasteiger partial charge in [-0.3, -0.25) is 0 Å². The van der Waals surface area contributed by atoms with Crippen LogP contribution in [0.15, 0.2) is 0 Å². The van der Waals surface area contributed by atoms with Crippen LogP contribution in [0, 0.1) is 11.8 Å². The third-order valence-corrected chi connectivity index (χ3v) is 3.16. The van der Waals surface area contributed by atoms with Crippen LogP contribution < -0.4 is 5.32 Å². The third kappa shape index (κ3) is 0.672. The highest BCUT2D eigenvalue weighted by atomic mass is 15.2. The number of hydrogen-bond donors (Lipinski definition) is 1. The Kier molecular flexibility index (Phi) is 1.17. The Morgan fingerprint density at radius 1 is 1.40 bits per heavy atom. The monoisotopic (exact) mass is 139 g/mol. The molecule has 1 aliphatic heterocycles. The summed E-state index contributed by atoms with van der Waals surface area (Å²) in [4.78, 5) is 0. The van der Waals surface area contributed by atoms with E-state index in [9.17, 15) is 0 Å². The van der Waals surface area contributed by atoms with Crippen LogP contribution in [0.3, 0.4) is 0 Å². The highest BCUT2D eigenvalue weighted by Crippen LogP contribution is 2.57. The van der Waals surface area contributed by atoms with Gasteiger partial charge >= 0.3 is 0 Å². The van der Waals surface area contributed by atoms with Gasteiger partial charge in [0.05, 0.1) is 0 Å². The van der Waals surface area contributed by atoms with Crippen molar-refractivity contribution in [1.29, 1.82) is 0 Å². The van der Waals surface area contributed by atoms with Crippen LogP contribution in [0.2, 0.25) is 0 Å².